The zero-order valence-electron chi connectivity index (χ0n) is 12.6. The number of hydrogen-bond donors (Lipinski definition) is 1. The van der Waals surface area contributed by atoms with Crippen LogP contribution in [0.3, 0.4) is 0 Å². The molecule has 0 bridgehead atoms. The molecule has 0 aliphatic carbocycles. The molecule has 1 atom stereocenters. The van der Waals surface area contributed by atoms with Gasteiger partial charge >= 0.3 is 6.18 Å². The van der Waals surface area contributed by atoms with E-state index in [1.165, 1.54) is 6.07 Å². The standard InChI is InChI=1S/C16H16ClF3N2S.ClH/c17-13-10-11(3-4-12(13)16(18,19)20)15(14-2-1-9-23-14)22-7-5-21-6-8-22;/h1-4,9-10,15,21H,5-8H2;1H/t15-;/m1./s1. The molecule has 0 amide bonds. The van der Waals surface area contributed by atoms with Gasteiger partial charge in [-0.2, -0.15) is 13.2 Å². The van der Waals surface area contributed by atoms with Crippen molar-refractivity contribution in [2.24, 2.45) is 0 Å². The predicted octanol–water partition coefficient (Wildman–Crippen LogP) is 4.84. The van der Waals surface area contributed by atoms with Crippen molar-refractivity contribution in [3.05, 3.63) is 56.7 Å². The van der Waals surface area contributed by atoms with Gasteiger partial charge in [-0.3, -0.25) is 4.90 Å². The van der Waals surface area contributed by atoms with E-state index < -0.39 is 11.7 Å². The summed E-state index contributed by atoms with van der Waals surface area (Å²) in [5.74, 6) is 0. The Morgan fingerprint density at radius 3 is 2.42 bits per heavy atom. The maximum atomic E-state index is 12.9. The molecular formula is C16H17Cl2F3N2S. The Labute approximate surface area is 154 Å². The lowest BCUT2D eigenvalue weighted by Crippen LogP contribution is -2.45. The van der Waals surface area contributed by atoms with E-state index in [4.69, 9.17) is 11.6 Å². The lowest BCUT2D eigenvalue weighted by molar-refractivity contribution is -0.137. The molecule has 1 saturated heterocycles. The van der Waals surface area contributed by atoms with Crippen LogP contribution in [0.25, 0.3) is 0 Å². The number of benzene rings is 1. The minimum absolute atomic E-state index is 0. The van der Waals surface area contributed by atoms with Crippen molar-refractivity contribution in [3.63, 3.8) is 0 Å². The largest absolute Gasteiger partial charge is 0.417 e. The minimum Gasteiger partial charge on any atom is -0.314 e. The van der Waals surface area contributed by atoms with Crippen molar-refractivity contribution in [2.45, 2.75) is 12.2 Å². The van der Waals surface area contributed by atoms with E-state index in [2.05, 4.69) is 10.2 Å². The van der Waals surface area contributed by atoms with Gasteiger partial charge in [-0.15, -0.1) is 23.7 Å². The van der Waals surface area contributed by atoms with Crippen LogP contribution < -0.4 is 5.32 Å². The number of thiophene rings is 1. The normalized spacial score (nSPS) is 17.3. The second-order valence-electron chi connectivity index (χ2n) is 5.44. The van der Waals surface area contributed by atoms with Gasteiger partial charge in [-0.25, -0.2) is 0 Å². The van der Waals surface area contributed by atoms with Crippen LogP contribution in [-0.2, 0) is 6.18 Å². The Kier molecular flexibility index (Phi) is 6.56. The number of piperazine rings is 1. The van der Waals surface area contributed by atoms with Gasteiger partial charge in [0.15, 0.2) is 0 Å². The van der Waals surface area contributed by atoms with E-state index in [9.17, 15) is 13.2 Å². The van der Waals surface area contributed by atoms with Crippen LogP contribution in [0.2, 0.25) is 5.02 Å². The molecule has 1 aliphatic heterocycles. The van der Waals surface area contributed by atoms with Crippen LogP contribution >= 0.6 is 35.3 Å². The monoisotopic (exact) mass is 396 g/mol. The maximum absolute atomic E-state index is 12.9. The SMILES string of the molecule is Cl.FC(F)(F)c1ccc([C@H](c2cccs2)N2CCNCC2)cc1Cl. The molecule has 2 aromatic rings. The Bertz CT molecular complexity index is 656. The molecule has 2 nitrogen and oxygen atoms in total. The van der Waals surface area contributed by atoms with E-state index in [0.29, 0.717) is 0 Å². The Balaban J connectivity index is 0.00000208. The number of alkyl halides is 3. The highest BCUT2D eigenvalue weighted by atomic mass is 35.5. The molecular weight excluding hydrogens is 380 g/mol. The third-order valence-corrected chi connectivity index (χ3v) is 5.18. The topological polar surface area (TPSA) is 15.3 Å². The molecule has 1 aromatic carbocycles. The number of nitrogens with one attached hydrogen (secondary N) is 1. The number of halogens is 5. The van der Waals surface area contributed by atoms with E-state index in [1.807, 2.05) is 17.5 Å². The molecule has 0 unspecified atom stereocenters. The first-order chi connectivity index (χ1) is 11.0. The summed E-state index contributed by atoms with van der Waals surface area (Å²) in [6.07, 6.45) is -4.43. The van der Waals surface area contributed by atoms with Gasteiger partial charge in [0, 0.05) is 31.1 Å². The highest BCUT2D eigenvalue weighted by Gasteiger charge is 2.34. The fraction of sp³-hybridized carbons (Fsp3) is 0.375. The van der Waals surface area contributed by atoms with E-state index in [1.54, 1.807) is 17.4 Å². The Morgan fingerprint density at radius 1 is 1.17 bits per heavy atom. The van der Waals surface area contributed by atoms with Crippen LogP contribution in [0.4, 0.5) is 13.2 Å². The quantitative estimate of drug-likeness (QED) is 0.798. The Morgan fingerprint density at radius 2 is 1.88 bits per heavy atom. The van der Waals surface area contributed by atoms with Gasteiger partial charge in [0.2, 0.25) is 0 Å². The van der Waals surface area contributed by atoms with Crippen molar-refractivity contribution in [1.82, 2.24) is 10.2 Å². The first-order valence-corrected chi connectivity index (χ1v) is 8.57. The van der Waals surface area contributed by atoms with Crippen molar-refractivity contribution >= 4 is 35.3 Å². The first-order valence-electron chi connectivity index (χ1n) is 7.31. The molecule has 2 heterocycles. The summed E-state index contributed by atoms with van der Waals surface area (Å²) in [5, 5.41) is 5.03. The average molecular weight is 397 g/mol. The molecule has 0 spiro atoms. The highest BCUT2D eigenvalue weighted by molar-refractivity contribution is 7.10. The second kappa shape index (κ2) is 8.06. The summed E-state index contributed by atoms with van der Waals surface area (Å²) in [6, 6.07) is 8.00. The molecule has 0 radical (unpaired) electrons. The van der Waals surface area contributed by atoms with E-state index in [0.717, 1.165) is 42.7 Å². The third-order valence-electron chi connectivity index (χ3n) is 3.94. The molecule has 0 saturated carbocycles. The maximum Gasteiger partial charge on any atom is 0.417 e. The lowest BCUT2D eigenvalue weighted by Gasteiger charge is -2.35. The summed E-state index contributed by atoms with van der Waals surface area (Å²) >= 11 is 7.52. The molecule has 1 fully saturated rings. The third kappa shape index (κ3) is 4.24. The molecule has 8 heteroatoms. The number of nitrogens with zero attached hydrogens (tertiary/aromatic N) is 1. The lowest BCUT2D eigenvalue weighted by atomic mass is 10.0. The molecule has 3 rings (SSSR count). The molecule has 1 N–H and O–H groups in total. The van der Waals surface area contributed by atoms with Crippen LogP contribution in [0.1, 0.15) is 22.0 Å². The van der Waals surface area contributed by atoms with Gasteiger partial charge in [-0.1, -0.05) is 23.7 Å². The second-order valence-corrected chi connectivity index (χ2v) is 6.83. The van der Waals surface area contributed by atoms with Gasteiger partial charge in [0.25, 0.3) is 0 Å². The van der Waals surface area contributed by atoms with Gasteiger partial charge in [0.05, 0.1) is 16.6 Å². The van der Waals surface area contributed by atoms with Crippen molar-refractivity contribution in [3.8, 4) is 0 Å². The zero-order valence-corrected chi connectivity index (χ0v) is 15.0. The first kappa shape index (κ1) is 19.5. The van der Waals surface area contributed by atoms with E-state index >= 15 is 0 Å². The van der Waals surface area contributed by atoms with Crippen LogP contribution in [0, 0.1) is 0 Å². The van der Waals surface area contributed by atoms with Gasteiger partial charge in [0.1, 0.15) is 0 Å². The van der Waals surface area contributed by atoms with Gasteiger partial charge in [-0.05, 0) is 29.1 Å². The highest BCUT2D eigenvalue weighted by Crippen LogP contribution is 2.38. The number of hydrogen-bond acceptors (Lipinski definition) is 3. The summed E-state index contributed by atoms with van der Waals surface area (Å²) in [7, 11) is 0. The van der Waals surface area contributed by atoms with Crippen LogP contribution in [0.15, 0.2) is 35.7 Å². The van der Waals surface area contributed by atoms with Crippen LogP contribution in [0.5, 0.6) is 0 Å². The van der Waals surface area contributed by atoms with Crippen molar-refractivity contribution in [1.29, 1.82) is 0 Å². The summed E-state index contributed by atoms with van der Waals surface area (Å²) in [4.78, 5) is 3.39. The Hall–Kier alpha value is -0.790. The van der Waals surface area contributed by atoms with Crippen LogP contribution in [-0.4, -0.2) is 31.1 Å². The number of rotatable bonds is 3. The summed E-state index contributed by atoms with van der Waals surface area (Å²) < 4.78 is 38.7. The smallest absolute Gasteiger partial charge is 0.314 e. The zero-order chi connectivity index (χ0) is 16.4. The minimum atomic E-state index is -4.43. The molecule has 24 heavy (non-hydrogen) atoms. The molecule has 1 aliphatic rings. The summed E-state index contributed by atoms with van der Waals surface area (Å²) in [6.45, 7) is 3.44. The predicted molar refractivity (Wildman–Crippen MR) is 94.3 cm³/mol. The average Bonchev–Trinajstić information content (AvgIpc) is 3.01. The van der Waals surface area contributed by atoms with Gasteiger partial charge < -0.3 is 5.32 Å². The van der Waals surface area contributed by atoms with Crippen molar-refractivity contribution in [2.75, 3.05) is 26.2 Å². The van der Waals surface area contributed by atoms with E-state index in [-0.39, 0.29) is 23.5 Å². The molecule has 1 aromatic heterocycles. The fourth-order valence-corrected chi connectivity index (χ4v) is 4.06. The molecule has 132 valence electrons. The summed E-state index contributed by atoms with van der Waals surface area (Å²) in [5.41, 5.74) is 0.0144. The fourth-order valence-electron chi connectivity index (χ4n) is 2.87. The van der Waals surface area contributed by atoms with Crippen molar-refractivity contribution < 1.29 is 13.2 Å².